The van der Waals surface area contributed by atoms with E-state index < -0.39 is 0 Å². The Morgan fingerprint density at radius 1 is 1.03 bits per heavy atom. The van der Waals surface area contributed by atoms with Gasteiger partial charge in [-0.2, -0.15) is 0 Å². The highest BCUT2D eigenvalue weighted by Gasteiger charge is 2.31. The van der Waals surface area contributed by atoms with E-state index in [1.54, 1.807) is 0 Å². The minimum atomic E-state index is -0.0303. The minimum absolute atomic E-state index is 0.0303. The van der Waals surface area contributed by atoms with E-state index in [9.17, 15) is 9.59 Å². The van der Waals surface area contributed by atoms with E-state index in [0.29, 0.717) is 31.8 Å². The summed E-state index contributed by atoms with van der Waals surface area (Å²) in [5.74, 6) is 0.566. The average Bonchev–Trinajstić information content (AvgIpc) is 2.71. The van der Waals surface area contributed by atoms with Crippen LogP contribution in [0.1, 0.15) is 34.1 Å². The van der Waals surface area contributed by atoms with E-state index in [1.165, 1.54) is 11.8 Å². The highest BCUT2D eigenvalue weighted by atomic mass is 32.2. The van der Waals surface area contributed by atoms with Crippen molar-refractivity contribution in [1.82, 2.24) is 20.0 Å². The van der Waals surface area contributed by atoms with Crippen LogP contribution >= 0.6 is 11.8 Å². The van der Waals surface area contributed by atoms with Crippen molar-refractivity contribution in [3.63, 3.8) is 0 Å². The maximum atomic E-state index is 12.7. The largest absolute Gasteiger partial charge is 0.338 e. The predicted molar refractivity (Wildman–Crippen MR) is 120 cm³/mol. The molecule has 2 amide bonds. The van der Waals surface area contributed by atoms with Crippen LogP contribution < -0.4 is 0 Å². The van der Waals surface area contributed by atoms with Gasteiger partial charge in [0.2, 0.25) is 11.8 Å². The summed E-state index contributed by atoms with van der Waals surface area (Å²) in [7, 11) is 0. The highest BCUT2D eigenvalue weighted by Crippen LogP contribution is 2.23. The van der Waals surface area contributed by atoms with E-state index in [2.05, 4.69) is 31.0 Å². The summed E-state index contributed by atoms with van der Waals surface area (Å²) in [5.41, 5.74) is 1.80. The average molecular weight is 427 g/mol. The molecule has 1 atom stereocenters. The lowest BCUT2D eigenvalue weighted by molar-refractivity contribution is -0.142. The second kappa shape index (κ2) is 9.60. The van der Waals surface area contributed by atoms with Crippen molar-refractivity contribution in [2.24, 2.45) is 5.41 Å². The van der Waals surface area contributed by atoms with Gasteiger partial charge in [-0.25, -0.2) is 0 Å². The van der Waals surface area contributed by atoms with Crippen LogP contribution in [0.3, 0.4) is 0 Å². The molecule has 3 rings (SSSR count). The van der Waals surface area contributed by atoms with Gasteiger partial charge >= 0.3 is 0 Å². The molecule has 1 aliphatic heterocycles. The zero-order valence-electron chi connectivity index (χ0n) is 18.2. The fourth-order valence-corrected chi connectivity index (χ4v) is 4.21. The lowest BCUT2D eigenvalue weighted by Crippen LogP contribution is -2.56. The van der Waals surface area contributed by atoms with Gasteiger partial charge in [0.15, 0.2) is 0 Å². The Kier molecular flexibility index (Phi) is 7.13. The molecule has 6 nitrogen and oxygen atoms in total. The molecular formula is C23H30N4O2S. The summed E-state index contributed by atoms with van der Waals surface area (Å²) in [6.07, 6.45) is 0.527. The van der Waals surface area contributed by atoms with E-state index in [-0.39, 0.29) is 23.3 Å². The molecule has 0 bridgehead atoms. The predicted octanol–water partition coefficient (Wildman–Crippen LogP) is 3.73. The second-order valence-electron chi connectivity index (χ2n) is 8.92. The van der Waals surface area contributed by atoms with Crippen molar-refractivity contribution in [3.8, 4) is 11.3 Å². The third kappa shape index (κ3) is 6.05. The SMILES string of the molecule is C[C@@H]1CN(C(=O)CSc2ccc(-c3ccccc3)nn2)CCN1C(=O)CC(C)(C)C. The molecule has 7 heteroatoms. The highest BCUT2D eigenvalue weighted by molar-refractivity contribution is 7.99. The zero-order chi connectivity index (χ0) is 21.7. The fraction of sp³-hybridized carbons (Fsp3) is 0.478. The number of hydrogen-bond acceptors (Lipinski definition) is 5. The second-order valence-corrected chi connectivity index (χ2v) is 9.92. The van der Waals surface area contributed by atoms with Crippen LogP contribution in [0.2, 0.25) is 0 Å². The molecule has 0 unspecified atom stereocenters. The molecule has 0 N–H and O–H groups in total. The molecule has 1 aromatic carbocycles. The summed E-state index contributed by atoms with van der Waals surface area (Å²) in [6, 6.07) is 13.8. The molecule has 0 spiro atoms. The van der Waals surface area contributed by atoms with E-state index in [0.717, 1.165) is 16.3 Å². The van der Waals surface area contributed by atoms with Gasteiger partial charge < -0.3 is 9.80 Å². The molecule has 1 aliphatic rings. The molecule has 0 saturated carbocycles. The van der Waals surface area contributed by atoms with Gasteiger partial charge in [-0.15, -0.1) is 10.2 Å². The number of aromatic nitrogens is 2. The molecule has 2 heterocycles. The van der Waals surface area contributed by atoms with E-state index >= 15 is 0 Å². The standard InChI is InChI=1S/C23H30N4O2S/c1-17-15-26(12-13-27(17)21(28)14-23(2,3)4)22(29)16-30-20-11-10-19(24-25-20)18-8-6-5-7-9-18/h5-11,17H,12-16H2,1-4H3/t17-/m1/s1. The van der Waals surface area contributed by atoms with E-state index in [1.807, 2.05) is 59.2 Å². The van der Waals surface area contributed by atoms with Crippen molar-refractivity contribution >= 4 is 23.6 Å². The maximum Gasteiger partial charge on any atom is 0.233 e. The molecule has 2 aromatic rings. The van der Waals surface area contributed by atoms with Crippen LogP contribution in [0.15, 0.2) is 47.5 Å². The number of amides is 2. The summed E-state index contributed by atoms with van der Waals surface area (Å²) in [6.45, 7) is 9.98. The van der Waals surface area contributed by atoms with Gasteiger partial charge in [0.05, 0.1) is 11.4 Å². The van der Waals surface area contributed by atoms with Crippen LogP contribution in [0, 0.1) is 5.41 Å². The molecule has 1 fully saturated rings. The zero-order valence-corrected chi connectivity index (χ0v) is 19.0. The van der Waals surface area contributed by atoms with Crippen molar-refractivity contribution in [3.05, 3.63) is 42.5 Å². The maximum absolute atomic E-state index is 12.7. The van der Waals surface area contributed by atoms with Gasteiger partial charge in [-0.1, -0.05) is 62.9 Å². The minimum Gasteiger partial charge on any atom is -0.338 e. The quantitative estimate of drug-likeness (QED) is 0.682. The number of rotatable bonds is 5. The summed E-state index contributed by atoms with van der Waals surface area (Å²) in [4.78, 5) is 29.0. The smallest absolute Gasteiger partial charge is 0.233 e. The Morgan fingerprint density at radius 3 is 2.37 bits per heavy atom. The van der Waals surface area contributed by atoms with Crippen LogP contribution in [-0.4, -0.2) is 63.2 Å². The van der Waals surface area contributed by atoms with Gasteiger partial charge in [-0.3, -0.25) is 9.59 Å². The van der Waals surface area contributed by atoms with Gasteiger partial charge in [-0.05, 0) is 24.5 Å². The van der Waals surface area contributed by atoms with Crippen LogP contribution in [-0.2, 0) is 9.59 Å². The third-order valence-electron chi connectivity index (χ3n) is 5.04. The number of piperazine rings is 1. The number of hydrogen-bond donors (Lipinski definition) is 0. The Balaban J connectivity index is 1.49. The fourth-order valence-electron chi connectivity index (χ4n) is 3.50. The van der Waals surface area contributed by atoms with Gasteiger partial charge in [0.25, 0.3) is 0 Å². The van der Waals surface area contributed by atoms with Crippen molar-refractivity contribution in [2.75, 3.05) is 25.4 Å². The summed E-state index contributed by atoms with van der Waals surface area (Å²) < 4.78 is 0. The Bertz CT molecular complexity index is 865. The van der Waals surface area contributed by atoms with Crippen molar-refractivity contribution in [1.29, 1.82) is 0 Å². The Labute approximate surface area is 183 Å². The van der Waals surface area contributed by atoms with Gasteiger partial charge in [0.1, 0.15) is 5.03 Å². The molecular weight excluding hydrogens is 396 g/mol. The molecule has 30 heavy (non-hydrogen) atoms. The van der Waals surface area contributed by atoms with E-state index in [4.69, 9.17) is 0 Å². The third-order valence-corrected chi connectivity index (χ3v) is 5.94. The monoisotopic (exact) mass is 426 g/mol. The number of carbonyl (C=O) groups excluding carboxylic acids is 2. The van der Waals surface area contributed by atoms with Crippen LogP contribution in [0.25, 0.3) is 11.3 Å². The number of benzene rings is 1. The Hall–Kier alpha value is -2.41. The normalized spacial score (nSPS) is 17.1. The van der Waals surface area contributed by atoms with Crippen LogP contribution in [0.5, 0.6) is 0 Å². The number of thioether (sulfide) groups is 1. The summed E-state index contributed by atoms with van der Waals surface area (Å²) in [5, 5.41) is 9.25. The molecule has 1 saturated heterocycles. The van der Waals surface area contributed by atoms with Crippen LogP contribution in [0.4, 0.5) is 0 Å². The molecule has 1 aromatic heterocycles. The molecule has 0 radical (unpaired) electrons. The first-order chi connectivity index (χ1) is 14.2. The van der Waals surface area contributed by atoms with Crippen molar-refractivity contribution < 1.29 is 9.59 Å². The van der Waals surface area contributed by atoms with Gasteiger partial charge in [0, 0.05) is 37.7 Å². The number of carbonyl (C=O) groups is 2. The topological polar surface area (TPSA) is 66.4 Å². The molecule has 0 aliphatic carbocycles. The summed E-state index contributed by atoms with van der Waals surface area (Å²) >= 11 is 1.40. The molecule has 160 valence electrons. The lowest BCUT2D eigenvalue weighted by Gasteiger charge is -2.40. The Morgan fingerprint density at radius 2 is 1.77 bits per heavy atom. The first kappa shape index (κ1) is 22.3. The number of nitrogens with zero attached hydrogens (tertiary/aromatic N) is 4. The first-order valence-electron chi connectivity index (χ1n) is 10.3. The first-order valence-corrected chi connectivity index (χ1v) is 11.3. The van der Waals surface area contributed by atoms with Crippen molar-refractivity contribution in [2.45, 2.75) is 45.2 Å². The lowest BCUT2D eigenvalue weighted by atomic mass is 9.91.